The van der Waals surface area contributed by atoms with E-state index in [1.165, 1.54) is 0 Å². The Hall–Kier alpha value is -4.41. The standard InChI is InChI=1S/C20H12N3.C11H8N.Ir/c1-14-10-11-23-20(19(14)15-6-4-3-5-7-15)16-8-9-17(13-21)18(12-16)22-2;1-2-6-10(7-3-1)11-8-4-5-9-12-11;/h3-7,9-12H,1H3;1-6,8-9H;/q2*-1;. The van der Waals surface area contributed by atoms with Crippen LogP contribution in [0, 0.1) is 37.0 Å². The Labute approximate surface area is 225 Å². The van der Waals surface area contributed by atoms with Gasteiger partial charge in [0, 0.05) is 38.6 Å². The number of pyridine rings is 2. The van der Waals surface area contributed by atoms with Crippen LogP contribution in [0.3, 0.4) is 0 Å². The molecule has 0 spiro atoms. The zero-order chi connectivity index (χ0) is 24.5. The van der Waals surface area contributed by atoms with E-state index >= 15 is 0 Å². The number of nitrogens with zero attached hydrogens (tertiary/aromatic N) is 4. The van der Waals surface area contributed by atoms with Gasteiger partial charge >= 0.3 is 0 Å². The van der Waals surface area contributed by atoms with E-state index in [2.05, 4.69) is 26.9 Å². The number of aromatic nitrogens is 2. The van der Waals surface area contributed by atoms with Gasteiger partial charge in [-0.15, -0.1) is 59.7 Å². The molecular formula is C31H20IrN4-2. The van der Waals surface area contributed by atoms with Gasteiger partial charge in [0.1, 0.15) is 5.69 Å². The van der Waals surface area contributed by atoms with Crippen molar-refractivity contribution in [2.24, 2.45) is 0 Å². The van der Waals surface area contributed by atoms with E-state index in [1.54, 1.807) is 24.5 Å². The molecule has 2 aromatic heterocycles. The van der Waals surface area contributed by atoms with Gasteiger partial charge in [-0.1, -0.05) is 42.5 Å². The number of aryl methyl sites for hydroxylation is 1. The summed E-state index contributed by atoms with van der Waals surface area (Å²) in [6.45, 7) is 9.28. The van der Waals surface area contributed by atoms with Crippen LogP contribution in [0.1, 0.15) is 11.1 Å². The first-order valence-electron chi connectivity index (χ1n) is 10.9. The molecule has 36 heavy (non-hydrogen) atoms. The average molecular weight is 641 g/mol. The summed E-state index contributed by atoms with van der Waals surface area (Å²) < 4.78 is 0. The Balaban J connectivity index is 0.000000234. The minimum atomic E-state index is 0. The van der Waals surface area contributed by atoms with Gasteiger partial charge in [0.25, 0.3) is 0 Å². The van der Waals surface area contributed by atoms with Crippen molar-refractivity contribution in [2.45, 2.75) is 6.92 Å². The summed E-state index contributed by atoms with van der Waals surface area (Å²) in [6.07, 6.45) is 3.54. The Kier molecular flexibility index (Phi) is 9.38. The average Bonchev–Trinajstić information content (AvgIpc) is 2.94. The van der Waals surface area contributed by atoms with E-state index in [4.69, 9.17) is 11.8 Å². The molecular weight excluding hydrogens is 621 g/mol. The van der Waals surface area contributed by atoms with Gasteiger partial charge < -0.3 is 9.97 Å². The third-order valence-electron chi connectivity index (χ3n) is 5.30. The molecule has 0 aliphatic carbocycles. The van der Waals surface area contributed by atoms with Gasteiger partial charge in [0.05, 0.1) is 6.57 Å². The van der Waals surface area contributed by atoms with Crippen molar-refractivity contribution in [1.29, 1.82) is 5.26 Å². The normalized spacial score (nSPS) is 9.53. The molecule has 175 valence electrons. The van der Waals surface area contributed by atoms with E-state index in [0.717, 1.165) is 39.2 Å². The second kappa shape index (κ2) is 12.9. The van der Waals surface area contributed by atoms with Crippen molar-refractivity contribution < 1.29 is 20.1 Å². The quantitative estimate of drug-likeness (QED) is 0.192. The van der Waals surface area contributed by atoms with Crippen LogP contribution in [0.5, 0.6) is 0 Å². The predicted molar refractivity (Wildman–Crippen MR) is 138 cm³/mol. The largest absolute Gasteiger partial charge is 0.305 e. The SMILES string of the molecule is [C-]#[N+]c1cc(-c2nccc(C)c2-c2ccccc2)[c-]cc1C#N.[Ir].[c-]1ccccc1-c1ccccn1. The number of hydrogen-bond donors (Lipinski definition) is 0. The third-order valence-corrected chi connectivity index (χ3v) is 5.30. The van der Waals surface area contributed by atoms with Crippen LogP contribution >= 0.6 is 0 Å². The maximum atomic E-state index is 9.06. The Morgan fingerprint density at radius 1 is 0.861 bits per heavy atom. The summed E-state index contributed by atoms with van der Waals surface area (Å²) >= 11 is 0. The molecule has 0 aliphatic heterocycles. The minimum absolute atomic E-state index is 0. The first-order chi connectivity index (χ1) is 17.2. The van der Waals surface area contributed by atoms with E-state index in [9.17, 15) is 0 Å². The Bertz CT molecular complexity index is 1470. The van der Waals surface area contributed by atoms with Crippen molar-refractivity contribution >= 4 is 5.69 Å². The van der Waals surface area contributed by atoms with Gasteiger partial charge in [-0.3, -0.25) is 4.85 Å². The molecule has 0 amide bonds. The molecule has 5 heteroatoms. The van der Waals surface area contributed by atoms with Gasteiger partial charge in [0.15, 0.2) is 0 Å². The molecule has 5 rings (SSSR count). The van der Waals surface area contributed by atoms with Gasteiger partial charge in [-0.25, -0.2) is 5.26 Å². The predicted octanol–water partition coefficient (Wildman–Crippen LogP) is 7.49. The fraction of sp³-hybridized carbons (Fsp3) is 0.0323. The Morgan fingerprint density at radius 3 is 2.31 bits per heavy atom. The fourth-order valence-corrected chi connectivity index (χ4v) is 3.61. The molecule has 5 aromatic rings. The summed E-state index contributed by atoms with van der Waals surface area (Å²) in [5, 5.41) is 9.06. The maximum absolute atomic E-state index is 9.06. The van der Waals surface area contributed by atoms with E-state index in [0.29, 0.717) is 11.3 Å². The number of benzene rings is 3. The molecule has 0 saturated heterocycles. The molecule has 0 fully saturated rings. The second-order valence-corrected chi connectivity index (χ2v) is 7.58. The minimum Gasteiger partial charge on any atom is -0.305 e. The molecule has 1 radical (unpaired) electrons. The van der Waals surface area contributed by atoms with Crippen LogP contribution in [0.25, 0.3) is 38.5 Å². The van der Waals surface area contributed by atoms with E-state index in [-0.39, 0.29) is 20.1 Å². The van der Waals surface area contributed by atoms with Crippen LogP contribution in [-0.4, -0.2) is 9.97 Å². The van der Waals surface area contributed by atoms with Gasteiger partial charge in [-0.05, 0) is 52.7 Å². The smallest absolute Gasteiger partial charge is 0.125 e. The van der Waals surface area contributed by atoms with Crippen molar-refractivity contribution in [3.63, 3.8) is 0 Å². The molecule has 0 unspecified atom stereocenters. The summed E-state index contributed by atoms with van der Waals surface area (Å²) in [6, 6.07) is 37.1. The van der Waals surface area contributed by atoms with Crippen LogP contribution in [0.15, 0.2) is 103 Å². The van der Waals surface area contributed by atoms with Gasteiger partial charge in [0.2, 0.25) is 0 Å². The Morgan fingerprint density at radius 2 is 1.64 bits per heavy atom. The maximum Gasteiger partial charge on any atom is 0.125 e. The zero-order valence-electron chi connectivity index (χ0n) is 19.4. The number of rotatable bonds is 3. The zero-order valence-corrected chi connectivity index (χ0v) is 21.8. The van der Waals surface area contributed by atoms with Crippen LogP contribution in [0.2, 0.25) is 0 Å². The molecule has 3 aromatic carbocycles. The van der Waals surface area contributed by atoms with E-state index in [1.807, 2.05) is 91.9 Å². The van der Waals surface area contributed by atoms with Crippen molar-refractivity contribution in [2.75, 3.05) is 0 Å². The molecule has 0 aliphatic rings. The molecule has 0 N–H and O–H groups in total. The first kappa shape index (κ1) is 26.2. The fourth-order valence-electron chi connectivity index (χ4n) is 3.61. The molecule has 2 heterocycles. The van der Waals surface area contributed by atoms with E-state index < -0.39 is 0 Å². The number of nitriles is 1. The van der Waals surface area contributed by atoms with Crippen LogP contribution in [0.4, 0.5) is 5.69 Å². The third kappa shape index (κ3) is 6.17. The van der Waals surface area contributed by atoms with Crippen molar-refractivity contribution in [3.05, 3.63) is 138 Å². The van der Waals surface area contributed by atoms with Gasteiger partial charge in [-0.2, -0.15) is 0 Å². The summed E-state index contributed by atoms with van der Waals surface area (Å²) in [5.41, 5.74) is 7.34. The monoisotopic (exact) mass is 641 g/mol. The molecule has 4 nitrogen and oxygen atoms in total. The topological polar surface area (TPSA) is 53.9 Å². The summed E-state index contributed by atoms with van der Waals surface area (Å²) in [5.74, 6) is 0. The molecule has 0 saturated carbocycles. The summed E-state index contributed by atoms with van der Waals surface area (Å²) in [4.78, 5) is 12.1. The van der Waals surface area contributed by atoms with Crippen LogP contribution < -0.4 is 0 Å². The second-order valence-electron chi connectivity index (χ2n) is 7.58. The van der Waals surface area contributed by atoms with Crippen LogP contribution in [-0.2, 0) is 20.1 Å². The summed E-state index contributed by atoms with van der Waals surface area (Å²) in [7, 11) is 0. The number of hydrogen-bond acceptors (Lipinski definition) is 3. The molecule has 0 bridgehead atoms. The first-order valence-corrected chi connectivity index (χ1v) is 10.9. The van der Waals surface area contributed by atoms with Crippen molar-refractivity contribution in [3.8, 4) is 39.7 Å². The molecule has 0 atom stereocenters. The van der Waals surface area contributed by atoms with Crippen molar-refractivity contribution in [1.82, 2.24) is 9.97 Å².